The second kappa shape index (κ2) is 9.23. The van der Waals surface area contributed by atoms with Crippen LogP contribution in [0.25, 0.3) is 0 Å². The first-order chi connectivity index (χ1) is 12.3. The van der Waals surface area contributed by atoms with E-state index in [0.717, 1.165) is 0 Å². The Kier molecular flexibility index (Phi) is 7.28. The maximum atomic E-state index is 13.6. The van der Waals surface area contributed by atoms with E-state index in [9.17, 15) is 18.0 Å². The number of benzene rings is 1. The number of thioether (sulfide) groups is 1. The minimum absolute atomic E-state index is 0.00415. The zero-order valence-corrected chi connectivity index (χ0v) is 15.6. The molecule has 0 saturated carbocycles. The Hall–Kier alpha value is -1.80. The lowest BCUT2D eigenvalue weighted by atomic mass is 10.1. The molecule has 0 aliphatic heterocycles. The van der Waals surface area contributed by atoms with Gasteiger partial charge in [0.1, 0.15) is 12.4 Å². The van der Waals surface area contributed by atoms with Gasteiger partial charge in [-0.05, 0) is 49.7 Å². The van der Waals surface area contributed by atoms with Gasteiger partial charge < -0.3 is 4.74 Å². The highest BCUT2D eigenvalue weighted by Gasteiger charge is 2.15. The van der Waals surface area contributed by atoms with Crippen molar-refractivity contribution in [3.63, 3.8) is 0 Å². The van der Waals surface area contributed by atoms with Crippen molar-refractivity contribution in [3.8, 4) is 0 Å². The number of aryl methyl sites for hydroxylation is 2. The summed E-state index contributed by atoms with van der Waals surface area (Å²) in [6.07, 6.45) is 0.319. The van der Waals surface area contributed by atoms with Crippen molar-refractivity contribution < 1.29 is 22.7 Å². The fourth-order valence-electron chi connectivity index (χ4n) is 2.33. The minimum atomic E-state index is -2.60. The number of hydrogen-bond donors (Lipinski definition) is 0. The summed E-state index contributed by atoms with van der Waals surface area (Å²) in [5.41, 5.74) is 1.88. The standard InChI is InChI=1S/C17H16ClF3N2O2S/c1-9-11(10(2)23-17(22-9)26-16(20)21)6-7-15(24)25-8-12-13(18)4-3-5-14(12)19/h3-5,16H,6-8H2,1-2H3. The molecule has 0 aliphatic rings. The predicted molar refractivity (Wildman–Crippen MR) is 92.9 cm³/mol. The third kappa shape index (κ3) is 5.60. The van der Waals surface area contributed by atoms with E-state index in [0.29, 0.717) is 23.4 Å². The van der Waals surface area contributed by atoms with Crippen LogP contribution in [0.3, 0.4) is 0 Å². The average Bonchev–Trinajstić information content (AvgIpc) is 2.53. The first-order valence-electron chi connectivity index (χ1n) is 7.65. The predicted octanol–water partition coefficient (Wildman–Crippen LogP) is 4.88. The molecule has 2 aromatic rings. The molecule has 0 amide bonds. The van der Waals surface area contributed by atoms with E-state index >= 15 is 0 Å². The summed E-state index contributed by atoms with van der Waals surface area (Å²) in [4.78, 5) is 20.0. The van der Waals surface area contributed by atoms with Crippen molar-refractivity contribution >= 4 is 29.3 Å². The summed E-state index contributed by atoms with van der Waals surface area (Å²) in [5, 5.41) is 0.181. The third-order valence-corrected chi connectivity index (χ3v) is 4.54. The molecule has 140 valence electrons. The van der Waals surface area contributed by atoms with E-state index in [1.54, 1.807) is 13.8 Å². The summed E-state index contributed by atoms with van der Waals surface area (Å²) >= 11 is 6.15. The molecule has 0 N–H and O–H groups in total. The lowest BCUT2D eigenvalue weighted by Crippen LogP contribution is -2.10. The van der Waals surface area contributed by atoms with Crippen LogP contribution in [0.1, 0.15) is 28.9 Å². The van der Waals surface area contributed by atoms with E-state index < -0.39 is 17.5 Å². The molecule has 0 saturated heterocycles. The fourth-order valence-corrected chi connectivity index (χ4v) is 3.08. The van der Waals surface area contributed by atoms with Crippen LogP contribution in [-0.4, -0.2) is 21.7 Å². The molecule has 1 aromatic carbocycles. The van der Waals surface area contributed by atoms with Crippen LogP contribution in [0.4, 0.5) is 13.2 Å². The molecular formula is C17H16ClF3N2O2S. The Bertz CT molecular complexity index is 762. The Morgan fingerprint density at radius 3 is 2.46 bits per heavy atom. The third-order valence-electron chi connectivity index (χ3n) is 3.61. The van der Waals surface area contributed by atoms with Gasteiger partial charge in [0, 0.05) is 23.4 Å². The van der Waals surface area contributed by atoms with Gasteiger partial charge in [-0.15, -0.1) is 0 Å². The number of halogens is 4. The molecule has 0 unspecified atom stereocenters. The van der Waals surface area contributed by atoms with Crippen molar-refractivity contribution in [2.45, 2.75) is 44.2 Å². The Balaban J connectivity index is 1.95. The molecule has 1 aromatic heterocycles. The van der Waals surface area contributed by atoms with Crippen LogP contribution in [0, 0.1) is 19.7 Å². The van der Waals surface area contributed by atoms with Crippen LogP contribution in [0.15, 0.2) is 23.4 Å². The smallest absolute Gasteiger partial charge is 0.306 e. The lowest BCUT2D eigenvalue weighted by molar-refractivity contribution is -0.144. The second-order valence-electron chi connectivity index (χ2n) is 5.39. The molecule has 26 heavy (non-hydrogen) atoms. The Morgan fingerprint density at radius 2 is 1.88 bits per heavy atom. The van der Waals surface area contributed by atoms with Crippen LogP contribution in [-0.2, 0) is 22.6 Å². The van der Waals surface area contributed by atoms with Gasteiger partial charge in [-0.25, -0.2) is 14.4 Å². The van der Waals surface area contributed by atoms with Gasteiger partial charge in [-0.3, -0.25) is 4.79 Å². The van der Waals surface area contributed by atoms with E-state index in [4.69, 9.17) is 16.3 Å². The Labute approximate surface area is 158 Å². The van der Waals surface area contributed by atoms with Crippen molar-refractivity contribution in [2.24, 2.45) is 0 Å². The van der Waals surface area contributed by atoms with E-state index in [2.05, 4.69) is 9.97 Å². The summed E-state index contributed by atoms with van der Waals surface area (Å²) in [6, 6.07) is 4.21. The molecule has 0 aliphatic carbocycles. The SMILES string of the molecule is Cc1nc(SC(F)F)nc(C)c1CCC(=O)OCc1c(F)cccc1Cl. The molecule has 4 nitrogen and oxygen atoms in total. The monoisotopic (exact) mass is 404 g/mol. The topological polar surface area (TPSA) is 52.1 Å². The highest BCUT2D eigenvalue weighted by atomic mass is 35.5. The summed E-state index contributed by atoms with van der Waals surface area (Å²) in [6.45, 7) is 3.08. The number of carbonyl (C=O) groups excluding carboxylic acids is 1. The van der Waals surface area contributed by atoms with Crippen LogP contribution < -0.4 is 0 Å². The molecule has 0 spiro atoms. The van der Waals surface area contributed by atoms with Gasteiger partial charge in [0.2, 0.25) is 0 Å². The molecule has 0 radical (unpaired) electrons. The highest BCUT2D eigenvalue weighted by Crippen LogP contribution is 2.24. The largest absolute Gasteiger partial charge is 0.461 e. The lowest BCUT2D eigenvalue weighted by Gasteiger charge is -2.11. The van der Waals surface area contributed by atoms with Crippen LogP contribution >= 0.6 is 23.4 Å². The summed E-state index contributed by atoms with van der Waals surface area (Å²) < 4.78 is 43.5. The molecule has 1 heterocycles. The normalized spacial score (nSPS) is 11.0. The fraction of sp³-hybridized carbons (Fsp3) is 0.353. The van der Waals surface area contributed by atoms with Crippen molar-refractivity contribution in [1.82, 2.24) is 9.97 Å². The van der Waals surface area contributed by atoms with Gasteiger partial charge in [0.05, 0.1) is 5.02 Å². The van der Waals surface area contributed by atoms with Gasteiger partial charge in [-0.1, -0.05) is 17.7 Å². The van der Waals surface area contributed by atoms with Crippen molar-refractivity contribution in [2.75, 3.05) is 0 Å². The number of hydrogen-bond acceptors (Lipinski definition) is 5. The number of rotatable bonds is 7. The molecule has 9 heteroatoms. The zero-order chi connectivity index (χ0) is 19.3. The van der Waals surface area contributed by atoms with E-state index in [1.165, 1.54) is 18.2 Å². The molecule has 0 fully saturated rings. The van der Waals surface area contributed by atoms with Gasteiger partial charge in [0.25, 0.3) is 5.76 Å². The zero-order valence-electron chi connectivity index (χ0n) is 14.1. The number of esters is 1. The molecular weight excluding hydrogens is 389 g/mol. The quantitative estimate of drug-likeness (QED) is 0.374. The molecule has 0 atom stereocenters. The van der Waals surface area contributed by atoms with Crippen LogP contribution in [0.2, 0.25) is 5.02 Å². The van der Waals surface area contributed by atoms with Crippen molar-refractivity contribution in [1.29, 1.82) is 0 Å². The maximum absolute atomic E-state index is 13.6. The van der Waals surface area contributed by atoms with Gasteiger partial charge in [-0.2, -0.15) is 8.78 Å². The number of ether oxygens (including phenoxy) is 1. The summed E-state index contributed by atoms with van der Waals surface area (Å²) in [5.74, 6) is -3.67. The Morgan fingerprint density at radius 1 is 1.23 bits per heavy atom. The first kappa shape index (κ1) is 20.5. The van der Waals surface area contributed by atoms with Crippen LogP contribution in [0.5, 0.6) is 0 Å². The second-order valence-corrected chi connectivity index (χ2v) is 6.76. The minimum Gasteiger partial charge on any atom is -0.461 e. The van der Waals surface area contributed by atoms with E-state index in [-0.39, 0.29) is 40.5 Å². The van der Waals surface area contributed by atoms with Gasteiger partial charge >= 0.3 is 5.97 Å². The first-order valence-corrected chi connectivity index (χ1v) is 8.91. The highest BCUT2D eigenvalue weighted by molar-refractivity contribution is 7.99. The number of nitrogens with zero attached hydrogens (tertiary/aromatic N) is 2. The number of aromatic nitrogens is 2. The maximum Gasteiger partial charge on any atom is 0.306 e. The number of carbonyl (C=O) groups is 1. The summed E-state index contributed by atoms with van der Waals surface area (Å²) in [7, 11) is 0. The number of alkyl halides is 2. The average molecular weight is 405 g/mol. The van der Waals surface area contributed by atoms with E-state index in [1.807, 2.05) is 0 Å². The molecule has 2 rings (SSSR count). The van der Waals surface area contributed by atoms with Crippen molar-refractivity contribution in [3.05, 3.63) is 51.6 Å². The molecule has 0 bridgehead atoms. The van der Waals surface area contributed by atoms with Gasteiger partial charge in [0.15, 0.2) is 5.16 Å².